The average Bonchev–Trinajstić information content (AvgIpc) is 2.67. The largest absolute Gasteiger partial charge is 0.573 e. The Morgan fingerprint density at radius 3 is 2.42 bits per heavy atom. The third kappa shape index (κ3) is 7.58. The summed E-state index contributed by atoms with van der Waals surface area (Å²) in [5, 5.41) is 2.57. The van der Waals surface area contributed by atoms with Crippen LogP contribution in [0.4, 0.5) is 30.4 Å². The van der Waals surface area contributed by atoms with Crippen molar-refractivity contribution in [3.05, 3.63) is 45.1 Å². The van der Waals surface area contributed by atoms with E-state index in [2.05, 4.69) is 15.0 Å². The first-order valence-electron chi connectivity index (χ1n) is 10.4. The van der Waals surface area contributed by atoms with Gasteiger partial charge in [-0.25, -0.2) is 4.79 Å². The van der Waals surface area contributed by atoms with Gasteiger partial charge in [-0.3, -0.25) is 19.1 Å². The van der Waals surface area contributed by atoms with Gasteiger partial charge in [0.05, 0.1) is 6.54 Å². The van der Waals surface area contributed by atoms with E-state index in [1.54, 1.807) is 0 Å². The molecule has 182 valence electrons. The SMILES string of the molecule is CCCCn1c(N)c(N(CC(=O)Nc2ccc(OC(F)(F)F)cc2)CC(C)C)c(=O)[nH]c1=O. The quantitative estimate of drug-likeness (QED) is 0.490. The molecule has 9 nitrogen and oxygen atoms in total. The number of alkyl halides is 3. The standard InChI is InChI=1S/C21H28F3N5O4/c1-4-5-10-29-18(25)17(19(31)27-20(29)32)28(11-13(2)3)12-16(30)26-14-6-8-15(9-7-14)33-21(22,23)24/h6-9,13H,4-5,10-12,25H2,1-3H3,(H,26,30)(H,27,31,32). The fourth-order valence-electron chi connectivity index (χ4n) is 3.21. The van der Waals surface area contributed by atoms with E-state index in [1.807, 2.05) is 20.8 Å². The van der Waals surface area contributed by atoms with Crippen molar-refractivity contribution in [1.29, 1.82) is 0 Å². The van der Waals surface area contributed by atoms with Gasteiger partial charge < -0.3 is 20.7 Å². The number of unbranched alkanes of at least 4 members (excludes halogenated alkanes) is 1. The van der Waals surface area contributed by atoms with E-state index in [0.29, 0.717) is 19.5 Å². The van der Waals surface area contributed by atoms with Crippen molar-refractivity contribution < 1.29 is 22.7 Å². The van der Waals surface area contributed by atoms with E-state index in [-0.39, 0.29) is 29.7 Å². The molecular formula is C21H28F3N5O4. The maximum Gasteiger partial charge on any atom is 0.573 e. The van der Waals surface area contributed by atoms with Gasteiger partial charge in [0.2, 0.25) is 5.91 Å². The lowest BCUT2D eigenvalue weighted by atomic mass is 10.2. The smallest absolute Gasteiger partial charge is 0.406 e. The summed E-state index contributed by atoms with van der Waals surface area (Å²) in [5.74, 6) is -0.924. The predicted molar refractivity (Wildman–Crippen MR) is 119 cm³/mol. The maximum absolute atomic E-state index is 12.7. The fraction of sp³-hybridized carbons (Fsp3) is 0.476. The van der Waals surface area contributed by atoms with E-state index in [1.165, 1.54) is 21.6 Å². The molecule has 12 heteroatoms. The number of aromatic nitrogens is 2. The van der Waals surface area contributed by atoms with Crippen LogP contribution >= 0.6 is 0 Å². The molecule has 2 aromatic rings. The third-order valence-corrected chi connectivity index (χ3v) is 4.56. The van der Waals surface area contributed by atoms with Crippen molar-refractivity contribution in [1.82, 2.24) is 9.55 Å². The average molecular weight is 471 g/mol. The second-order valence-corrected chi connectivity index (χ2v) is 7.89. The van der Waals surface area contributed by atoms with Crippen LogP contribution in [-0.2, 0) is 11.3 Å². The van der Waals surface area contributed by atoms with Crippen LogP contribution in [0.2, 0.25) is 0 Å². The maximum atomic E-state index is 12.7. The number of aromatic amines is 1. The van der Waals surface area contributed by atoms with E-state index in [9.17, 15) is 27.6 Å². The van der Waals surface area contributed by atoms with Gasteiger partial charge in [-0.05, 0) is 36.6 Å². The molecule has 4 N–H and O–H groups in total. The second kappa shape index (κ2) is 10.9. The highest BCUT2D eigenvalue weighted by molar-refractivity contribution is 5.94. The van der Waals surface area contributed by atoms with Crippen molar-refractivity contribution in [2.75, 3.05) is 29.0 Å². The molecule has 0 unspecified atom stereocenters. The zero-order chi connectivity index (χ0) is 24.8. The minimum atomic E-state index is -4.82. The molecule has 0 radical (unpaired) electrons. The molecule has 0 bridgehead atoms. The molecule has 1 heterocycles. The lowest BCUT2D eigenvalue weighted by molar-refractivity contribution is -0.274. The number of nitrogens with two attached hydrogens (primary N) is 1. The molecule has 0 spiro atoms. The zero-order valence-corrected chi connectivity index (χ0v) is 18.7. The topological polar surface area (TPSA) is 122 Å². The number of hydrogen-bond donors (Lipinski definition) is 3. The lowest BCUT2D eigenvalue weighted by Crippen LogP contribution is -2.43. The summed E-state index contributed by atoms with van der Waals surface area (Å²) in [6.07, 6.45) is -3.33. The van der Waals surface area contributed by atoms with Gasteiger partial charge in [0.25, 0.3) is 5.56 Å². The monoisotopic (exact) mass is 471 g/mol. The molecule has 0 aliphatic heterocycles. The number of anilines is 3. The van der Waals surface area contributed by atoms with Gasteiger partial charge >= 0.3 is 12.1 Å². The number of H-pyrrole nitrogens is 1. The van der Waals surface area contributed by atoms with Crippen LogP contribution in [-0.4, -0.2) is 34.9 Å². The second-order valence-electron chi connectivity index (χ2n) is 7.89. The Balaban J connectivity index is 2.25. The number of nitrogens with zero attached hydrogens (tertiary/aromatic N) is 2. The van der Waals surface area contributed by atoms with Crippen LogP contribution in [0.15, 0.2) is 33.9 Å². The molecule has 1 aromatic heterocycles. The summed E-state index contributed by atoms with van der Waals surface area (Å²) in [7, 11) is 0. The first-order valence-corrected chi connectivity index (χ1v) is 10.4. The van der Waals surface area contributed by atoms with Crippen LogP contribution in [0.1, 0.15) is 33.6 Å². The lowest BCUT2D eigenvalue weighted by Gasteiger charge is -2.27. The molecule has 1 amide bonds. The molecule has 0 fully saturated rings. The highest BCUT2D eigenvalue weighted by atomic mass is 19.4. The van der Waals surface area contributed by atoms with E-state index < -0.39 is 29.3 Å². The molecule has 0 saturated carbocycles. The number of halogens is 3. The minimum absolute atomic E-state index is 0.0171. The number of nitrogens with one attached hydrogen (secondary N) is 2. The summed E-state index contributed by atoms with van der Waals surface area (Å²) in [6, 6.07) is 4.67. The number of rotatable bonds is 10. The molecule has 0 atom stereocenters. The van der Waals surface area contributed by atoms with Gasteiger partial charge in [0.15, 0.2) is 0 Å². The first-order chi connectivity index (χ1) is 15.4. The van der Waals surface area contributed by atoms with Gasteiger partial charge in [-0.2, -0.15) is 0 Å². The number of benzene rings is 1. The van der Waals surface area contributed by atoms with Gasteiger partial charge in [0.1, 0.15) is 17.3 Å². The van der Waals surface area contributed by atoms with E-state index in [0.717, 1.165) is 18.6 Å². The summed E-state index contributed by atoms with van der Waals surface area (Å²) in [6.45, 7) is 6.08. The first kappa shape index (κ1) is 25.8. The summed E-state index contributed by atoms with van der Waals surface area (Å²) < 4.78 is 41.9. The summed E-state index contributed by atoms with van der Waals surface area (Å²) >= 11 is 0. The molecule has 0 aliphatic rings. The third-order valence-electron chi connectivity index (χ3n) is 4.56. The van der Waals surface area contributed by atoms with Gasteiger partial charge in [0, 0.05) is 18.8 Å². The molecule has 0 saturated heterocycles. The van der Waals surface area contributed by atoms with E-state index >= 15 is 0 Å². The van der Waals surface area contributed by atoms with Crippen molar-refractivity contribution in [3.63, 3.8) is 0 Å². The normalized spacial score (nSPS) is 11.5. The fourth-order valence-corrected chi connectivity index (χ4v) is 3.21. The van der Waals surface area contributed by atoms with Crippen LogP contribution in [0.25, 0.3) is 0 Å². The molecule has 2 rings (SSSR count). The Kier molecular flexibility index (Phi) is 8.55. The highest BCUT2D eigenvalue weighted by Gasteiger charge is 2.31. The van der Waals surface area contributed by atoms with Crippen LogP contribution < -0.4 is 31.9 Å². The van der Waals surface area contributed by atoms with Gasteiger partial charge in [-0.1, -0.05) is 27.2 Å². The highest BCUT2D eigenvalue weighted by Crippen LogP contribution is 2.24. The molecule has 0 aliphatic carbocycles. The van der Waals surface area contributed by atoms with Crippen molar-refractivity contribution in [2.24, 2.45) is 5.92 Å². The van der Waals surface area contributed by atoms with Crippen molar-refractivity contribution >= 4 is 23.1 Å². The van der Waals surface area contributed by atoms with Crippen molar-refractivity contribution in [2.45, 2.75) is 46.5 Å². The summed E-state index contributed by atoms with van der Waals surface area (Å²) in [4.78, 5) is 41.2. The Bertz CT molecular complexity index is 1060. The number of ether oxygens (including phenoxy) is 1. The molecular weight excluding hydrogens is 443 g/mol. The molecule has 1 aromatic carbocycles. The Hall–Kier alpha value is -3.44. The number of amides is 1. The predicted octanol–water partition coefficient (Wildman–Crippen LogP) is 2.92. The van der Waals surface area contributed by atoms with Crippen molar-refractivity contribution in [3.8, 4) is 5.75 Å². The minimum Gasteiger partial charge on any atom is -0.406 e. The van der Waals surface area contributed by atoms with Crippen LogP contribution in [0.5, 0.6) is 5.75 Å². The number of nitrogen functional groups attached to an aromatic ring is 1. The Morgan fingerprint density at radius 1 is 1.24 bits per heavy atom. The van der Waals surface area contributed by atoms with E-state index in [4.69, 9.17) is 5.73 Å². The number of carbonyl (C=O) groups is 1. The van der Waals surface area contributed by atoms with Crippen LogP contribution in [0, 0.1) is 5.92 Å². The zero-order valence-electron chi connectivity index (χ0n) is 18.7. The van der Waals surface area contributed by atoms with Crippen LogP contribution in [0.3, 0.4) is 0 Å². The number of carbonyl (C=O) groups excluding carboxylic acids is 1. The Labute approximate surface area is 188 Å². The molecule has 33 heavy (non-hydrogen) atoms. The number of hydrogen-bond acceptors (Lipinski definition) is 6. The van der Waals surface area contributed by atoms with Gasteiger partial charge in [-0.15, -0.1) is 13.2 Å². The summed E-state index contributed by atoms with van der Waals surface area (Å²) in [5.41, 5.74) is 5.10. The Morgan fingerprint density at radius 2 is 1.88 bits per heavy atom.